The van der Waals surface area contributed by atoms with Gasteiger partial charge in [0.15, 0.2) is 0 Å². The lowest BCUT2D eigenvalue weighted by Gasteiger charge is -2.13. The monoisotopic (exact) mass is 228 g/mol. The zero-order valence-electron chi connectivity index (χ0n) is 7.73. The third kappa shape index (κ3) is 6.11. The second-order valence-electron chi connectivity index (χ2n) is 1.91. The Morgan fingerprint density at radius 1 is 1.31 bits per heavy atom. The molecule has 0 fully saturated rings. The Kier molecular flexibility index (Phi) is 7.38. The number of phosphoric ester groups is 1. The predicted octanol–water partition coefficient (Wildman–Crippen LogP) is 2.94. The number of hydrogen-bond acceptors (Lipinski definition) is 4. The Bertz CT molecular complexity index is 185. The summed E-state index contributed by atoms with van der Waals surface area (Å²) in [6.07, 6.45) is 2.73. The summed E-state index contributed by atoms with van der Waals surface area (Å²) >= 11 is 5.35. The highest BCUT2D eigenvalue weighted by Crippen LogP contribution is 2.49. The molecule has 0 aliphatic rings. The molecule has 0 rings (SSSR count). The van der Waals surface area contributed by atoms with Crippen molar-refractivity contribution < 1.29 is 18.1 Å². The highest BCUT2D eigenvalue weighted by Gasteiger charge is 2.24. The fraction of sp³-hybridized carbons (Fsp3) is 0.714. The molecule has 0 saturated carbocycles. The van der Waals surface area contributed by atoms with E-state index in [1.807, 2.05) is 0 Å². The number of rotatable bonds is 7. The van der Waals surface area contributed by atoms with E-state index in [9.17, 15) is 4.57 Å². The molecule has 0 spiro atoms. The van der Waals surface area contributed by atoms with Gasteiger partial charge in [-0.25, -0.2) is 4.57 Å². The predicted molar refractivity (Wildman–Crippen MR) is 51.8 cm³/mol. The normalized spacial score (nSPS) is 12.2. The summed E-state index contributed by atoms with van der Waals surface area (Å²) in [5.41, 5.74) is 0. The van der Waals surface area contributed by atoms with Crippen LogP contribution in [0.3, 0.4) is 0 Å². The van der Waals surface area contributed by atoms with Crippen molar-refractivity contribution in [3.8, 4) is 0 Å². The van der Waals surface area contributed by atoms with Crippen molar-refractivity contribution in [3.63, 3.8) is 0 Å². The zero-order valence-corrected chi connectivity index (χ0v) is 9.38. The summed E-state index contributed by atoms with van der Waals surface area (Å²) in [4.78, 5) is 0. The van der Waals surface area contributed by atoms with Crippen molar-refractivity contribution in [3.05, 3.63) is 12.3 Å². The molecule has 0 bridgehead atoms. The smallest absolute Gasteiger partial charge is 0.412 e. The second-order valence-corrected chi connectivity index (χ2v) is 3.84. The first-order valence-electron chi connectivity index (χ1n) is 3.97. The summed E-state index contributed by atoms with van der Waals surface area (Å²) in [6.45, 7) is 3.96. The topological polar surface area (TPSA) is 44.8 Å². The minimum atomic E-state index is -3.39. The molecule has 0 saturated heterocycles. The van der Waals surface area contributed by atoms with Gasteiger partial charge in [-0.1, -0.05) is 0 Å². The van der Waals surface area contributed by atoms with Crippen molar-refractivity contribution >= 4 is 19.4 Å². The van der Waals surface area contributed by atoms with Crippen LogP contribution in [-0.4, -0.2) is 19.1 Å². The van der Waals surface area contributed by atoms with Crippen LogP contribution in [0.4, 0.5) is 0 Å². The van der Waals surface area contributed by atoms with E-state index in [0.29, 0.717) is 0 Å². The fourth-order valence-electron chi connectivity index (χ4n) is 0.568. The van der Waals surface area contributed by atoms with Gasteiger partial charge in [0.05, 0.1) is 19.5 Å². The van der Waals surface area contributed by atoms with Crippen molar-refractivity contribution in [2.75, 3.05) is 19.1 Å². The number of hydrogen-bond donors (Lipinski definition) is 0. The fourth-order valence-corrected chi connectivity index (χ4v) is 1.70. The van der Waals surface area contributed by atoms with E-state index < -0.39 is 7.82 Å². The lowest BCUT2D eigenvalue weighted by atomic mass is 10.7. The van der Waals surface area contributed by atoms with E-state index in [0.717, 1.165) is 0 Å². The van der Waals surface area contributed by atoms with Crippen LogP contribution in [0.15, 0.2) is 12.3 Å². The van der Waals surface area contributed by atoms with Crippen LogP contribution in [0.2, 0.25) is 0 Å². The summed E-state index contributed by atoms with van der Waals surface area (Å²) in [5, 5.41) is 0. The minimum absolute atomic E-state index is 0.270. The maximum Gasteiger partial charge on any atom is 0.529 e. The largest absolute Gasteiger partial charge is 0.529 e. The van der Waals surface area contributed by atoms with E-state index >= 15 is 0 Å². The lowest BCUT2D eigenvalue weighted by molar-refractivity contribution is 0.153. The Labute approximate surface area is 83.4 Å². The SMILES string of the molecule is CCOP(=O)(OC=CCCl)OCC. The summed E-state index contributed by atoms with van der Waals surface area (Å²) in [6, 6.07) is 0. The molecule has 13 heavy (non-hydrogen) atoms. The van der Waals surface area contributed by atoms with Gasteiger partial charge in [-0.05, 0) is 19.9 Å². The molecule has 0 aromatic rings. The average Bonchev–Trinajstić information content (AvgIpc) is 2.05. The molecule has 0 unspecified atom stereocenters. The summed E-state index contributed by atoms with van der Waals surface area (Å²) in [5.74, 6) is 0.290. The van der Waals surface area contributed by atoms with E-state index in [4.69, 9.17) is 25.2 Å². The molecule has 0 aliphatic heterocycles. The van der Waals surface area contributed by atoms with Gasteiger partial charge in [0.1, 0.15) is 0 Å². The number of alkyl halides is 1. The minimum Gasteiger partial charge on any atom is -0.412 e. The molecule has 0 aromatic heterocycles. The van der Waals surface area contributed by atoms with Crippen LogP contribution in [-0.2, 0) is 18.1 Å². The lowest BCUT2D eigenvalue weighted by Crippen LogP contribution is -1.96. The molecule has 0 aliphatic carbocycles. The van der Waals surface area contributed by atoms with Crippen LogP contribution < -0.4 is 0 Å². The first kappa shape index (κ1) is 13.0. The summed E-state index contributed by atoms with van der Waals surface area (Å²) < 4.78 is 26.0. The highest BCUT2D eigenvalue weighted by atomic mass is 35.5. The van der Waals surface area contributed by atoms with Crippen molar-refractivity contribution in [2.45, 2.75) is 13.8 Å². The van der Waals surface area contributed by atoms with Crippen molar-refractivity contribution in [1.29, 1.82) is 0 Å². The number of halogens is 1. The number of phosphoric acid groups is 1. The van der Waals surface area contributed by atoms with Gasteiger partial charge in [0, 0.05) is 5.88 Å². The quantitative estimate of drug-likeness (QED) is 0.382. The second kappa shape index (κ2) is 7.39. The van der Waals surface area contributed by atoms with Gasteiger partial charge in [0.2, 0.25) is 0 Å². The van der Waals surface area contributed by atoms with Crippen LogP contribution >= 0.6 is 19.4 Å². The van der Waals surface area contributed by atoms with Crippen LogP contribution in [0.25, 0.3) is 0 Å². The molecule has 6 heteroatoms. The first-order chi connectivity index (χ1) is 6.18. The Balaban J connectivity index is 4.07. The molecule has 4 nitrogen and oxygen atoms in total. The molecule has 0 radical (unpaired) electrons. The molecule has 0 amide bonds. The average molecular weight is 229 g/mol. The van der Waals surface area contributed by atoms with Gasteiger partial charge >= 0.3 is 7.82 Å². The van der Waals surface area contributed by atoms with Gasteiger partial charge in [0.25, 0.3) is 0 Å². The highest BCUT2D eigenvalue weighted by molar-refractivity contribution is 7.48. The number of allylic oxidation sites excluding steroid dienone is 1. The van der Waals surface area contributed by atoms with Crippen molar-refractivity contribution in [2.24, 2.45) is 0 Å². The van der Waals surface area contributed by atoms with Crippen LogP contribution in [0, 0.1) is 0 Å². The van der Waals surface area contributed by atoms with Crippen molar-refractivity contribution in [1.82, 2.24) is 0 Å². The first-order valence-corrected chi connectivity index (χ1v) is 5.96. The standard InChI is InChI=1S/C7H14ClO4P/c1-3-10-13(9,11-4-2)12-7-5-6-8/h5,7H,3-4,6H2,1-2H3. The zero-order chi connectivity index (χ0) is 10.2. The molecule has 0 heterocycles. The van der Waals surface area contributed by atoms with Crippen LogP contribution in [0.1, 0.15) is 13.8 Å². The Morgan fingerprint density at radius 3 is 2.23 bits per heavy atom. The van der Waals surface area contributed by atoms with Gasteiger partial charge in [-0.15, -0.1) is 11.6 Å². The summed E-state index contributed by atoms with van der Waals surface area (Å²) in [7, 11) is -3.39. The van der Waals surface area contributed by atoms with Crippen LogP contribution in [0.5, 0.6) is 0 Å². The Morgan fingerprint density at radius 2 is 1.85 bits per heavy atom. The molecular weight excluding hydrogens is 214 g/mol. The molecule has 0 N–H and O–H groups in total. The van der Waals surface area contributed by atoms with Gasteiger partial charge in [-0.2, -0.15) is 0 Å². The maximum atomic E-state index is 11.5. The molecule has 78 valence electrons. The molecule has 0 atom stereocenters. The van der Waals surface area contributed by atoms with Gasteiger partial charge in [-0.3, -0.25) is 9.05 Å². The molecule has 0 aromatic carbocycles. The maximum absolute atomic E-state index is 11.5. The third-order valence-electron chi connectivity index (χ3n) is 0.950. The van der Waals surface area contributed by atoms with E-state index in [-0.39, 0.29) is 19.1 Å². The Hall–Kier alpha value is -0.0200. The third-order valence-corrected chi connectivity index (χ3v) is 2.66. The molecular formula is C7H14ClO4P. The van der Waals surface area contributed by atoms with E-state index in [1.54, 1.807) is 13.8 Å². The van der Waals surface area contributed by atoms with Gasteiger partial charge < -0.3 is 4.52 Å². The van der Waals surface area contributed by atoms with E-state index in [2.05, 4.69) is 0 Å². The van der Waals surface area contributed by atoms with E-state index in [1.165, 1.54) is 12.3 Å².